The minimum Gasteiger partial charge on any atom is -0.468 e. The summed E-state index contributed by atoms with van der Waals surface area (Å²) in [6.07, 6.45) is 0. The average molecular weight is 300 g/mol. The van der Waals surface area contributed by atoms with Gasteiger partial charge in [0.05, 0.1) is 7.11 Å². The Kier molecular flexibility index (Phi) is 5.07. The summed E-state index contributed by atoms with van der Waals surface area (Å²) in [5, 5.41) is -0.335. The van der Waals surface area contributed by atoms with Crippen LogP contribution < -0.4 is 0 Å². The van der Waals surface area contributed by atoms with E-state index in [9.17, 15) is 4.79 Å². The zero-order valence-corrected chi connectivity index (χ0v) is 13.7. The molecule has 2 nitrogen and oxygen atoms in total. The summed E-state index contributed by atoms with van der Waals surface area (Å²) >= 11 is 1.53. The van der Waals surface area contributed by atoms with Crippen molar-refractivity contribution in [1.29, 1.82) is 0 Å². The lowest BCUT2D eigenvalue weighted by Crippen LogP contribution is -2.12. The second-order valence-corrected chi connectivity index (χ2v) is 6.37. The van der Waals surface area contributed by atoms with Crippen LogP contribution in [0.3, 0.4) is 0 Å². The second kappa shape index (κ2) is 6.81. The monoisotopic (exact) mass is 300 g/mol. The second-order valence-electron chi connectivity index (χ2n) is 5.19. The van der Waals surface area contributed by atoms with Gasteiger partial charge in [-0.1, -0.05) is 41.5 Å². The number of hydrogen-bond acceptors (Lipinski definition) is 3. The maximum atomic E-state index is 12.2. The molecule has 0 spiro atoms. The Morgan fingerprint density at radius 2 is 1.62 bits per heavy atom. The highest BCUT2D eigenvalue weighted by Gasteiger charge is 2.24. The number of hydrogen-bond donors (Lipinski definition) is 0. The molecular formula is C18H20O2S. The molecule has 0 N–H and O–H groups in total. The van der Waals surface area contributed by atoms with Gasteiger partial charge in [0.25, 0.3) is 0 Å². The zero-order valence-electron chi connectivity index (χ0n) is 12.8. The van der Waals surface area contributed by atoms with Crippen LogP contribution in [0.2, 0.25) is 0 Å². The molecule has 0 saturated carbocycles. The lowest BCUT2D eigenvalue weighted by molar-refractivity contribution is -0.140. The summed E-state index contributed by atoms with van der Waals surface area (Å²) in [4.78, 5) is 13.2. The Morgan fingerprint density at radius 1 is 1.00 bits per heavy atom. The molecule has 21 heavy (non-hydrogen) atoms. The number of thioether (sulfide) groups is 1. The van der Waals surface area contributed by atoms with E-state index >= 15 is 0 Å². The lowest BCUT2D eigenvalue weighted by atomic mass is 10.0. The van der Waals surface area contributed by atoms with E-state index in [2.05, 4.69) is 32.0 Å². The molecule has 110 valence electrons. The molecule has 0 saturated heterocycles. The third kappa shape index (κ3) is 3.88. The van der Waals surface area contributed by atoms with Crippen molar-refractivity contribution in [1.82, 2.24) is 0 Å². The van der Waals surface area contributed by atoms with E-state index in [0.717, 1.165) is 16.0 Å². The Balaban J connectivity index is 2.34. The molecule has 0 aliphatic heterocycles. The fraction of sp³-hybridized carbons (Fsp3) is 0.278. The number of aryl methyl sites for hydroxylation is 3. The fourth-order valence-corrected chi connectivity index (χ4v) is 3.37. The van der Waals surface area contributed by atoms with Gasteiger partial charge in [-0.15, -0.1) is 11.8 Å². The van der Waals surface area contributed by atoms with E-state index in [4.69, 9.17) is 4.74 Å². The molecule has 0 radical (unpaired) electrons. The number of rotatable bonds is 4. The minimum absolute atomic E-state index is 0.215. The molecule has 2 aromatic rings. The van der Waals surface area contributed by atoms with Crippen LogP contribution >= 0.6 is 11.8 Å². The first kappa shape index (κ1) is 15.6. The van der Waals surface area contributed by atoms with Crippen molar-refractivity contribution in [3.05, 3.63) is 64.7 Å². The number of carbonyl (C=O) groups is 1. The van der Waals surface area contributed by atoms with Gasteiger partial charge in [-0.05, 0) is 44.0 Å². The molecule has 0 aliphatic rings. The molecular weight excluding hydrogens is 280 g/mol. The zero-order chi connectivity index (χ0) is 15.4. The molecule has 2 aromatic carbocycles. The van der Waals surface area contributed by atoms with Gasteiger partial charge in [-0.2, -0.15) is 0 Å². The number of carbonyl (C=O) groups excluding carboxylic acids is 1. The Bertz CT molecular complexity index is 632. The third-order valence-corrected chi connectivity index (χ3v) is 4.62. The first-order chi connectivity index (χ1) is 10.0. The topological polar surface area (TPSA) is 26.3 Å². The molecule has 0 amide bonds. The van der Waals surface area contributed by atoms with Gasteiger partial charge in [0.15, 0.2) is 0 Å². The Morgan fingerprint density at radius 3 is 2.19 bits per heavy atom. The van der Waals surface area contributed by atoms with Crippen molar-refractivity contribution in [3.63, 3.8) is 0 Å². The van der Waals surface area contributed by atoms with Gasteiger partial charge >= 0.3 is 5.97 Å². The van der Waals surface area contributed by atoms with Crippen molar-refractivity contribution in [2.75, 3.05) is 7.11 Å². The molecule has 0 heterocycles. The highest BCUT2D eigenvalue weighted by molar-refractivity contribution is 8.00. The van der Waals surface area contributed by atoms with Gasteiger partial charge in [-0.25, -0.2) is 0 Å². The Labute approximate surface area is 130 Å². The van der Waals surface area contributed by atoms with Crippen LogP contribution in [-0.2, 0) is 9.53 Å². The molecule has 3 heteroatoms. The minimum atomic E-state index is -0.335. The third-order valence-electron chi connectivity index (χ3n) is 3.40. The molecule has 0 aliphatic carbocycles. The van der Waals surface area contributed by atoms with Gasteiger partial charge in [0.1, 0.15) is 5.25 Å². The highest BCUT2D eigenvalue weighted by atomic mass is 32.2. The predicted octanol–water partition coefficient (Wildman–Crippen LogP) is 4.62. The van der Waals surface area contributed by atoms with Crippen LogP contribution in [0.1, 0.15) is 27.5 Å². The summed E-state index contributed by atoms with van der Waals surface area (Å²) in [6.45, 7) is 6.14. The summed E-state index contributed by atoms with van der Waals surface area (Å²) in [6, 6.07) is 14.3. The van der Waals surface area contributed by atoms with Crippen molar-refractivity contribution in [3.8, 4) is 0 Å². The number of methoxy groups -OCH3 is 1. The first-order valence-corrected chi connectivity index (χ1v) is 7.77. The van der Waals surface area contributed by atoms with Crippen LogP contribution in [0.15, 0.2) is 47.4 Å². The van der Waals surface area contributed by atoms with E-state index in [0.29, 0.717) is 0 Å². The van der Waals surface area contributed by atoms with E-state index < -0.39 is 0 Å². The molecule has 0 bridgehead atoms. The highest BCUT2D eigenvalue weighted by Crippen LogP contribution is 2.37. The van der Waals surface area contributed by atoms with E-state index in [-0.39, 0.29) is 11.2 Å². The van der Waals surface area contributed by atoms with Gasteiger partial charge in [0, 0.05) is 4.90 Å². The maximum Gasteiger partial charge on any atom is 0.323 e. The normalized spacial score (nSPS) is 12.0. The Hall–Kier alpha value is -1.74. The average Bonchev–Trinajstić information content (AvgIpc) is 2.47. The number of esters is 1. The van der Waals surface area contributed by atoms with E-state index in [1.165, 1.54) is 30.0 Å². The summed E-state index contributed by atoms with van der Waals surface area (Å²) in [5.74, 6) is -0.215. The van der Waals surface area contributed by atoms with Crippen LogP contribution in [-0.4, -0.2) is 13.1 Å². The van der Waals surface area contributed by atoms with Crippen LogP contribution in [0.5, 0.6) is 0 Å². The van der Waals surface area contributed by atoms with Crippen LogP contribution in [0.4, 0.5) is 0 Å². The smallest absolute Gasteiger partial charge is 0.323 e. The number of benzene rings is 2. The quantitative estimate of drug-likeness (QED) is 0.609. The van der Waals surface area contributed by atoms with E-state index in [1.807, 2.05) is 31.2 Å². The van der Waals surface area contributed by atoms with Crippen molar-refractivity contribution in [2.24, 2.45) is 0 Å². The SMILES string of the molecule is COC(=O)C(Sc1ccc(C)cc1)c1ccc(C)cc1C. The molecule has 2 rings (SSSR count). The molecule has 0 aromatic heterocycles. The predicted molar refractivity (Wildman–Crippen MR) is 87.7 cm³/mol. The summed E-state index contributed by atoms with van der Waals surface area (Å²) in [5.41, 5.74) is 4.53. The summed E-state index contributed by atoms with van der Waals surface area (Å²) < 4.78 is 4.99. The van der Waals surface area contributed by atoms with E-state index in [1.54, 1.807) is 0 Å². The van der Waals surface area contributed by atoms with Gasteiger partial charge < -0.3 is 4.74 Å². The van der Waals surface area contributed by atoms with Gasteiger partial charge in [-0.3, -0.25) is 4.79 Å². The number of ether oxygens (including phenoxy) is 1. The van der Waals surface area contributed by atoms with Crippen molar-refractivity contribution < 1.29 is 9.53 Å². The fourth-order valence-electron chi connectivity index (χ4n) is 2.22. The largest absolute Gasteiger partial charge is 0.468 e. The standard InChI is InChI=1S/C18H20O2S/c1-12-5-8-15(9-6-12)21-17(18(19)20-4)16-10-7-13(2)11-14(16)3/h5-11,17H,1-4H3. The molecule has 1 atom stereocenters. The molecule has 0 fully saturated rings. The first-order valence-electron chi connectivity index (χ1n) is 6.89. The summed E-state index contributed by atoms with van der Waals surface area (Å²) in [7, 11) is 1.44. The lowest BCUT2D eigenvalue weighted by Gasteiger charge is -2.17. The van der Waals surface area contributed by atoms with Crippen LogP contribution in [0, 0.1) is 20.8 Å². The van der Waals surface area contributed by atoms with Gasteiger partial charge in [0.2, 0.25) is 0 Å². The molecule has 1 unspecified atom stereocenters. The van der Waals surface area contributed by atoms with Crippen LogP contribution in [0.25, 0.3) is 0 Å². The van der Waals surface area contributed by atoms with Crippen molar-refractivity contribution in [2.45, 2.75) is 30.9 Å². The maximum absolute atomic E-state index is 12.2. The van der Waals surface area contributed by atoms with Crippen molar-refractivity contribution >= 4 is 17.7 Å².